The molecule has 8 nitrogen and oxygen atoms in total. The Bertz CT molecular complexity index is 1040. The van der Waals surface area contributed by atoms with Crippen LogP contribution in [0.5, 0.6) is 0 Å². The molecule has 2 amide bonds. The lowest BCUT2D eigenvalue weighted by molar-refractivity contribution is -0.143. The molecule has 2 unspecified atom stereocenters. The molecule has 1 fully saturated rings. The molecule has 186 valence electrons. The second-order valence-corrected chi connectivity index (χ2v) is 9.30. The monoisotopic (exact) mass is 480 g/mol. The Morgan fingerprint density at radius 2 is 1.66 bits per heavy atom. The normalized spacial score (nSPS) is 20.7. The molecule has 0 spiro atoms. The minimum Gasteiger partial charge on any atom is -0.481 e. The highest BCUT2D eigenvalue weighted by atomic mass is 16.5. The van der Waals surface area contributed by atoms with E-state index in [1.165, 1.54) is 7.11 Å². The van der Waals surface area contributed by atoms with Gasteiger partial charge in [-0.15, -0.1) is 0 Å². The molecule has 8 heteroatoms. The van der Waals surface area contributed by atoms with Gasteiger partial charge in [0, 0.05) is 19.1 Å². The molecular formula is C27H32N2O6. The standard InChI is InChI=1S/C27H32N2O6/c1-16(34-2)24(25(30)28-18-9-7-8-17(14-18)26(31)32)29-27(33)35-15-23-21-12-5-3-10-19(21)20-11-4-6-13-22(20)23/h3-6,10-13,16-18,23-24H,7-9,14-15H2,1-2H3,(H,28,30)(H,29,33)(H,31,32)/t16?,17-,18+,24?/m1/s1. The molecule has 1 saturated carbocycles. The van der Waals surface area contributed by atoms with Crippen LogP contribution in [0.3, 0.4) is 0 Å². The van der Waals surface area contributed by atoms with Gasteiger partial charge < -0.3 is 25.2 Å². The van der Waals surface area contributed by atoms with Crippen molar-refractivity contribution in [1.29, 1.82) is 0 Å². The van der Waals surface area contributed by atoms with E-state index in [0.717, 1.165) is 28.7 Å². The fourth-order valence-corrected chi connectivity index (χ4v) is 5.14. The van der Waals surface area contributed by atoms with Gasteiger partial charge in [0.05, 0.1) is 12.0 Å². The van der Waals surface area contributed by atoms with Gasteiger partial charge in [0.25, 0.3) is 0 Å². The minimum absolute atomic E-state index is 0.0875. The lowest BCUT2D eigenvalue weighted by Crippen LogP contribution is -2.55. The zero-order valence-corrected chi connectivity index (χ0v) is 20.0. The number of alkyl carbamates (subject to hydrolysis) is 1. The molecule has 4 atom stereocenters. The number of aliphatic carboxylic acids is 1. The average molecular weight is 481 g/mol. The van der Waals surface area contributed by atoms with Gasteiger partial charge in [0.2, 0.25) is 5.91 Å². The summed E-state index contributed by atoms with van der Waals surface area (Å²) in [5.41, 5.74) is 4.47. The Labute approximate surface area is 205 Å². The number of fused-ring (bicyclic) bond motifs is 3. The number of hydrogen-bond acceptors (Lipinski definition) is 5. The lowest BCUT2D eigenvalue weighted by Gasteiger charge is -2.30. The summed E-state index contributed by atoms with van der Waals surface area (Å²) >= 11 is 0. The average Bonchev–Trinajstić information content (AvgIpc) is 3.19. The van der Waals surface area contributed by atoms with E-state index >= 15 is 0 Å². The number of carboxylic acids is 1. The Morgan fingerprint density at radius 1 is 1.03 bits per heavy atom. The van der Waals surface area contributed by atoms with Gasteiger partial charge in [-0.25, -0.2) is 4.79 Å². The number of carbonyl (C=O) groups is 3. The Balaban J connectivity index is 1.39. The molecule has 0 radical (unpaired) electrons. The highest BCUT2D eigenvalue weighted by Gasteiger charge is 2.34. The third-order valence-corrected chi connectivity index (χ3v) is 7.11. The molecule has 0 saturated heterocycles. The first-order chi connectivity index (χ1) is 16.9. The summed E-state index contributed by atoms with van der Waals surface area (Å²) in [6.45, 7) is 1.83. The van der Waals surface area contributed by atoms with Crippen LogP contribution < -0.4 is 10.6 Å². The van der Waals surface area contributed by atoms with Crippen molar-refractivity contribution in [1.82, 2.24) is 10.6 Å². The van der Waals surface area contributed by atoms with Gasteiger partial charge in [0.1, 0.15) is 12.6 Å². The fraction of sp³-hybridized carbons (Fsp3) is 0.444. The number of methoxy groups -OCH3 is 1. The first-order valence-corrected chi connectivity index (χ1v) is 12.1. The maximum atomic E-state index is 13.0. The van der Waals surface area contributed by atoms with Crippen LogP contribution in [0.4, 0.5) is 4.79 Å². The summed E-state index contributed by atoms with van der Waals surface area (Å²) < 4.78 is 10.9. The van der Waals surface area contributed by atoms with Crippen molar-refractivity contribution in [3.63, 3.8) is 0 Å². The number of nitrogens with one attached hydrogen (secondary N) is 2. The van der Waals surface area contributed by atoms with Crippen LogP contribution >= 0.6 is 0 Å². The van der Waals surface area contributed by atoms with E-state index in [4.69, 9.17) is 9.47 Å². The Morgan fingerprint density at radius 3 is 2.26 bits per heavy atom. The van der Waals surface area contributed by atoms with Gasteiger partial charge >= 0.3 is 12.1 Å². The van der Waals surface area contributed by atoms with E-state index in [1.807, 2.05) is 36.4 Å². The van der Waals surface area contributed by atoms with Crippen LogP contribution in [0.2, 0.25) is 0 Å². The number of carbonyl (C=O) groups excluding carboxylic acids is 2. The van der Waals surface area contributed by atoms with Crippen LogP contribution in [-0.2, 0) is 19.1 Å². The maximum absolute atomic E-state index is 13.0. The van der Waals surface area contributed by atoms with Crippen molar-refractivity contribution in [2.75, 3.05) is 13.7 Å². The van der Waals surface area contributed by atoms with Gasteiger partial charge in [0.15, 0.2) is 0 Å². The van der Waals surface area contributed by atoms with Crippen molar-refractivity contribution >= 4 is 18.0 Å². The highest BCUT2D eigenvalue weighted by Crippen LogP contribution is 2.44. The summed E-state index contributed by atoms with van der Waals surface area (Å²) in [6.07, 6.45) is 1.11. The van der Waals surface area contributed by atoms with Crippen molar-refractivity contribution in [3.05, 3.63) is 59.7 Å². The van der Waals surface area contributed by atoms with Crippen LogP contribution in [0.15, 0.2) is 48.5 Å². The summed E-state index contributed by atoms with van der Waals surface area (Å²) in [7, 11) is 1.46. The first-order valence-electron chi connectivity index (χ1n) is 12.1. The number of amides is 2. The summed E-state index contributed by atoms with van der Waals surface area (Å²) in [5.74, 6) is -1.82. The summed E-state index contributed by atoms with van der Waals surface area (Å²) in [4.78, 5) is 37.1. The van der Waals surface area contributed by atoms with Gasteiger partial charge in [-0.1, -0.05) is 55.0 Å². The topological polar surface area (TPSA) is 114 Å². The van der Waals surface area contributed by atoms with Gasteiger partial charge in [-0.3, -0.25) is 9.59 Å². The molecule has 3 N–H and O–H groups in total. The number of benzene rings is 2. The van der Waals surface area contributed by atoms with E-state index in [0.29, 0.717) is 19.3 Å². The van der Waals surface area contributed by atoms with Gasteiger partial charge in [-0.2, -0.15) is 0 Å². The van der Waals surface area contributed by atoms with Crippen molar-refractivity contribution < 1.29 is 29.0 Å². The molecule has 0 aromatic heterocycles. The molecule has 0 heterocycles. The van der Waals surface area contributed by atoms with E-state index in [-0.39, 0.29) is 18.6 Å². The van der Waals surface area contributed by atoms with E-state index in [9.17, 15) is 19.5 Å². The van der Waals surface area contributed by atoms with Crippen LogP contribution in [0.25, 0.3) is 11.1 Å². The van der Waals surface area contributed by atoms with Crippen molar-refractivity contribution in [2.24, 2.45) is 5.92 Å². The molecule has 4 rings (SSSR count). The summed E-state index contributed by atoms with van der Waals surface area (Å²) in [6, 6.07) is 14.9. The molecule has 2 aromatic carbocycles. The van der Waals surface area contributed by atoms with Crippen molar-refractivity contribution in [2.45, 2.75) is 56.7 Å². The third kappa shape index (κ3) is 5.48. The Hall–Kier alpha value is -3.39. The molecule has 0 bridgehead atoms. The molecule has 2 aliphatic rings. The smallest absolute Gasteiger partial charge is 0.407 e. The molecule has 35 heavy (non-hydrogen) atoms. The number of carboxylic acid groups (broad SMARTS) is 1. The summed E-state index contributed by atoms with van der Waals surface area (Å²) in [5, 5.41) is 14.9. The number of ether oxygens (including phenoxy) is 2. The molecule has 0 aliphatic heterocycles. The van der Waals surface area contributed by atoms with Gasteiger partial charge in [-0.05, 0) is 48.4 Å². The second-order valence-electron chi connectivity index (χ2n) is 9.30. The maximum Gasteiger partial charge on any atom is 0.407 e. The van der Waals surface area contributed by atoms with Crippen LogP contribution in [-0.4, -0.2) is 55.0 Å². The molecular weight excluding hydrogens is 448 g/mol. The largest absolute Gasteiger partial charge is 0.481 e. The lowest BCUT2D eigenvalue weighted by atomic mass is 9.85. The molecule has 2 aliphatic carbocycles. The second kappa shape index (κ2) is 10.9. The zero-order valence-electron chi connectivity index (χ0n) is 20.0. The SMILES string of the molecule is COC(C)C(NC(=O)OCC1c2ccccc2-c2ccccc21)C(=O)N[C@H]1CCC[C@@H](C(=O)O)C1. The van der Waals surface area contributed by atoms with Crippen LogP contribution in [0, 0.1) is 5.92 Å². The number of rotatable bonds is 8. The first kappa shape index (κ1) is 24.7. The minimum atomic E-state index is -0.971. The zero-order chi connectivity index (χ0) is 24.9. The molecule has 2 aromatic rings. The highest BCUT2D eigenvalue weighted by molar-refractivity contribution is 5.86. The predicted molar refractivity (Wildman–Crippen MR) is 130 cm³/mol. The predicted octanol–water partition coefficient (Wildman–Crippen LogP) is 3.69. The van der Waals surface area contributed by atoms with E-state index < -0.39 is 36.0 Å². The third-order valence-electron chi connectivity index (χ3n) is 7.11. The Kier molecular flexibility index (Phi) is 7.70. The van der Waals surface area contributed by atoms with Crippen LogP contribution in [0.1, 0.15) is 49.7 Å². The van der Waals surface area contributed by atoms with Crippen molar-refractivity contribution in [3.8, 4) is 11.1 Å². The van der Waals surface area contributed by atoms with E-state index in [2.05, 4.69) is 22.8 Å². The number of hydrogen-bond donors (Lipinski definition) is 3. The quantitative estimate of drug-likeness (QED) is 0.531. The fourth-order valence-electron chi connectivity index (χ4n) is 5.14. The van der Waals surface area contributed by atoms with E-state index in [1.54, 1.807) is 6.92 Å².